The summed E-state index contributed by atoms with van der Waals surface area (Å²) in [5.41, 5.74) is 0. The minimum absolute atomic E-state index is 0.354. The summed E-state index contributed by atoms with van der Waals surface area (Å²) in [6.07, 6.45) is 9.18. The van der Waals surface area contributed by atoms with Crippen molar-refractivity contribution in [1.82, 2.24) is 0 Å². The quantitative estimate of drug-likeness (QED) is 0.619. The van der Waals surface area contributed by atoms with Gasteiger partial charge < -0.3 is 5.11 Å². The molecule has 0 spiro atoms. The first-order valence-electron chi connectivity index (χ1n) is 4.60. The monoisotopic (exact) mass is 154 g/mol. The number of hydrogen-bond donors (Lipinski definition) is 1. The van der Waals surface area contributed by atoms with Crippen molar-refractivity contribution >= 4 is 0 Å². The van der Waals surface area contributed by atoms with Crippen LogP contribution < -0.4 is 0 Å². The first-order valence-corrected chi connectivity index (χ1v) is 4.60. The van der Waals surface area contributed by atoms with Crippen LogP contribution in [-0.4, -0.2) is 11.7 Å². The van der Waals surface area contributed by atoms with E-state index in [1.54, 1.807) is 0 Å². The fraction of sp³-hybridized carbons (Fsp3) is 0.800. The SMILES string of the molecule is CC1CC=CCC1CCCO. The molecule has 1 aliphatic rings. The van der Waals surface area contributed by atoms with Gasteiger partial charge in [0.1, 0.15) is 0 Å². The van der Waals surface area contributed by atoms with Crippen molar-refractivity contribution in [2.45, 2.75) is 32.6 Å². The van der Waals surface area contributed by atoms with Gasteiger partial charge in [0, 0.05) is 6.61 Å². The van der Waals surface area contributed by atoms with Crippen LogP contribution in [-0.2, 0) is 0 Å². The van der Waals surface area contributed by atoms with Crippen LogP contribution in [0.4, 0.5) is 0 Å². The summed E-state index contributed by atoms with van der Waals surface area (Å²) >= 11 is 0. The Morgan fingerprint density at radius 3 is 2.73 bits per heavy atom. The molecular weight excluding hydrogens is 136 g/mol. The van der Waals surface area contributed by atoms with Crippen LogP contribution in [0.1, 0.15) is 32.6 Å². The van der Waals surface area contributed by atoms with E-state index < -0.39 is 0 Å². The van der Waals surface area contributed by atoms with Crippen LogP contribution in [0.5, 0.6) is 0 Å². The van der Waals surface area contributed by atoms with Crippen molar-refractivity contribution in [3.8, 4) is 0 Å². The van der Waals surface area contributed by atoms with Gasteiger partial charge in [-0.1, -0.05) is 19.1 Å². The van der Waals surface area contributed by atoms with Crippen molar-refractivity contribution in [3.05, 3.63) is 12.2 Å². The Hall–Kier alpha value is -0.300. The zero-order chi connectivity index (χ0) is 8.10. The zero-order valence-electron chi connectivity index (χ0n) is 7.29. The van der Waals surface area contributed by atoms with Crippen molar-refractivity contribution in [1.29, 1.82) is 0 Å². The molecule has 0 aromatic rings. The van der Waals surface area contributed by atoms with Crippen molar-refractivity contribution < 1.29 is 5.11 Å². The van der Waals surface area contributed by atoms with Gasteiger partial charge in [-0.2, -0.15) is 0 Å². The predicted octanol–water partition coefficient (Wildman–Crippen LogP) is 2.36. The Bertz CT molecular complexity index is 129. The lowest BCUT2D eigenvalue weighted by molar-refractivity contribution is 0.248. The fourth-order valence-corrected chi connectivity index (χ4v) is 1.76. The second-order valence-corrected chi connectivity index (χ2v) is 3.55. The van der Waals surface area contributed by atoms with Crippen LogP contribution in [0, 0.1) is 11.8 Å². The highest BCUT2D eigenvalue weighted by Crippen LogP contribution is 2.28. The normalized spacial score (nSPS) is 30.7. The smallest absolute Gasteiger partial charge is 0.0431 e. The van der Waals surface area contributed by atoms with E-state index in [-0.39, 0.29) is 0 Å². The van der Waals surface area contributed by atoms with Gasteiger partial charge in [-0.3, -0.25) is 0 Å². The van der Waals surface area contributed by atoms with Gasteiger partial charge in [-0.15, -0.1) is 0 Å². The van der Waals surface area contributed by atoms with Crippen molar-refractivity contribution in [2.24, 2.45) is 11.8 Å². The van der Waals surface area contributed by atoms with E-state index >= 15 is 0 Å². The van der Waals surface area contributed by atoms with Crippen LogP contribution >= 0.6 is 0 Å². The summed E-state index contributed by atoms with van der Waals surface area (Å²) in [6, 6.07) is 0. The lowest BCUT2D eigenvalue weighted by atomic mass is 9.82. The molecule has 1 rings (SSSR count). The maximum absolute atomic E-state index is 8.67. The van der Waals surface area contributed by atoms with Gasteiger partial charge in [0.15, 0.2) is 0 Å². The highest BCUT2D eigenvalue weighted by molar-refractivity contribution is 4.92. The number of allylic oxidation sites excluding steroid dienone is 2. The van der Waals surface area contributed by atoms with Gasteiger partial charge in [-0.25, -0.2) is 0 Å². The van der Waals surface area contributed by atoms with E-state index in [0.717, 1.165) is 18.3 Å². The average molecular weight is 154 g/mol. The highest BCUT2D eigenvalue weighted by atomic mass is 16.2. The van der Waals surface area contributed by atoms with Gasteiger partial charge >= 0.3 is 0 Å². The number of aliphatic hydroxyl groups excluding tert-OH is 1. The third-order valence-electron chi connectivity index (χ3n) is 2.65. The molecule has 0 amide bonds. The molecule has 1 heteroatoms. The molecule has 0 heterocycles. The lowest BCUT2D eigenvalue weighted by Crippen LogP contribution is -2.13. The number of hydrogen-bond acceptors (Lipinski definition) is 1. The van der Waals surface area contributed by atoms with E-state index in [1.165, 1.54) is 19.3 Å². The van der Waals surface area contributed by atoms with Gasteiger partial charge in [0.2, 0.25) is 0 Å². The van der Waals surface area contributed by atoms with Gasteiger partial charge in [-0.05, 0) is 37.5 Å². The van der Waals surface area contributed by atoms with Crippen LogP contribution in [0.15, 0.2) is 12.2 Å². The maximum Gasteiger partial charge on any atom is 0.0431 e. The number of rotatable bonds is 3. The van der Waals surface area contributed by atoms with Gasteiger partial charge in [0.25, 0.3) is 0 Å². The Kier molecular flexibility index (Phi) is 3.64. The topological polar surface area (TPSA) is 20.2 Å². The molecule has 0 aromatic heterocycles. The summed E-state index contributed by atoms with van der Waals surface area (Å²) in [6.45, 7) is 2.67. The molecule has 0 saturated carbocycles. The Morgan fingerprint density at radius 1 is 1.36 bits per heavy atom. The molecule has 1 nitrogen and oxygen atoms in total. The van der Waals surface area contributed by atoms with E-state index in [9.17, 15) is 0 Å². The molecule has 1 N–H and O–H groups in total. The molecule has 2 unspecified atom stereocenters. The van der Waals surface area contributed by atoms with E-state index in [0.29, 0.717) is 6.61 Å². The second kappa shape index (κ2) is 4.55. The number of aliphatic hydroxyl groups is 1. The summed E-state index contributed by atoms with van der Waals surface area (Å²) in [5, 5.41) is 8.67. The van der Waals surface area contributed by atoms with E-state index in [4.69, 9.17) is 5.11 Å². The standard InChI is InChI=1S/C10H18O/c1-9-5-2-3-6-10(9)7-4-8-11/h2-3,9-11H,4-8H2,1H3. The first kappa shape index (κ1) is 8.79. The summed E-state index contributed by atoms with van der Waals surface area (Å²) < 4.78 is 0. The Labute approximate surface area is 69.1 Å². The first-order chi connectivity index (χ1) is 5.34. The molecule has 64 valence electrons. The minimum atomic E-state index is 0.354. The summed E-state index contributed by atoms with van der Waals surface area (Å²) in [7, 11) is 0. The third-order valence-corrected chi connectivity index (χ3v) is 2.65. The molecule has 0 radical (unpaired) electrons. The predicted molar refractivity (Wildman–Crippen MR) is 47.3 cm³/mol. The molecule has 11 heavy (non-hydrogen) atoms. The molecule has 1 aliphatic carbocycles. The van der Waals surface area contributed by atoms with Crippen LogP contribution in [0.3, 0.4) is 0 Å². The largest absolute Gasteiger partial charge is 0.396 e. The maximum atomic E-state index is 8.67. The lowest BCUT2D eigenvalue weighted by Gasteiger charge is -2.24. The van der Waals surface area contributed by atoms with E-state index in [2.05, 4.69) is 19.1 Å². The fourth-order valence-electron chi connectivity index (χ4n) is 1.76. The molecule has 2 atom stereocenters. The highest BCUT2D eigenvalue weighted by Gasteiger charge is 2.16. The average Bonchev–Trinajstić information content (AvgIpc) is 2.03. The molecule has 0 aliphatic heterocycles. The van der Waals surface area contributed by atoms with Gasteiger partial charge in [0.05, 0.1) is 0 Å². The van der Waals surface area contributed by atoms with Crippen LogP contribution in [0.2, 0.25) is 0 Å². The molecular formula is C10H18O. The molecule has 0 fully saturated rings. The zero-order valence-corrected chi connectivity index (χ0v) is 7.29. The molecule has 0 saturated heterocycles. The minimum Gasteiger partial charge on any atom is -0.396 e. The molecule has 0 aromatic carbocycles. The third kappa shape index (κ3) is 2.66. The molecule has 0 bridgehead atoms. The second-order valence-electron chi connectivity index (χ2n) is 3.55. The van der Waals surface area contributed by atoms with Crippen molar-refractivity contribution in [2.75, 3.05) is 6.61 Å². The summed E-state index contributed by atoms with van der Waals surface area (Å²) in [5.74, 6) is 1.65. The Morgan fingerprint density at radius 2 is 2.09 bits per heavy atom. The Balaban J connectivity index is 2.26. The van der Waals surface area contributed by atoms with E-state index in [1.807, 2.05) is 0 Å². The summed E-state index contributed by atoms with van der Waals surface area (Å²) in [4.78, 5) is 0. The van der Waals surface area contributed by atoms with Crippen molar-refractivity contribution in [3.63, 3.8) is 0 Å². The van der Waals surface area contributed by atoms with Crippen LogP contribution in [0.25, 0.3) is 0 Å².